The lowest BCUT2D eigenvalue weighted by Gasteiger charge is -2.10. The van der Waals surface area contributed by atoms with Crippen molar-refractivity contribution >= 4 is 56.8 Å². The summed E-state index contributed by atoms with van der Waals surface area (Å²) in [5, 5.41) is 2.66. The van der Waals surface area contributed by atoms with Crippen LogP contribution in [0.15, 0.2) is 23.2 Å². The summed E-state index contributed by atoms with van der Waals surface area (Å²) < 4.78 is 6.90. The highest BCUT2D eigenvalue weighted by molar-refractivity contribution is 7.16. The molecule has 0 unspecified atom stereocenters. The number of amides is 4. The van der Waals surface area contributed by atoms with E-state index in [2.05, 4.69) is 10.3 Å². The van der Waals surface area contributed by atoms with Crippen molar-refractivity contribution in [3.05, 3.63) is 23.0 Å². The molecule has 0 aliphatic carbocycles. The fourth-order valence-corrected chi connectivity index (χ4v) is 3.95. The number of benzene rings is 1. The zero-order valence-corrected chi connectivity index (χ0v) is 16.6. The number of fused-ring (bicyclic) bond motifs is 1. The molecule has 1 saturated heterocycles. The van der Waals surface area contributed by atoms with Crippen LogP contribution in [0.5, 0.6) is 0 Å². The van der Waals surface area contributed by atoms with E-state index in [-0.39, 0.29) is 30.1 Å². The first kappa shape index (κ1) is 20.4. The number of esters is 1. The Morgan fingerprint density at radius 1 is 1.17 bits per heavy atom. The van der Waals surface area contributed by atoms with Gasteiger partial charge >= 0.3 is 5.97 Å². The number of hydrogen-bond acceptors (Lipinski definition) is 7. The lowest BCUT2D eigenvalue weighted by molar-refractivity contribution is -0.142. The number of nitrogens with zero attached hydrogens (tertiary/aromatic N) is 3. The SMILES string of the molecule is COC(=O)Cn1c(=NC(=O)CN2C(=O)CCC2=O)sc2cc(NC(C)=O)ccc21. The Hall–Kier alpha value is -3.34. The van der Waals surface area contributed by atoms with Crippen LogP contribution in [0.3, 0.4) is 0 Å². The van der Waals surface area contributed by atoms with Gasteiger partial charge in [-0.3, -0.25) is 28.9 Å². The van der Waals surface area contributed by atoms with Crippen LogP contribution in [0.25, 0.3) is 10.2 Å². The van der Waals surface area contributed by atoms with E-state index in [0.717, 1.165) is 16.2 Å². The van der Waals surface area contributed by atoms with E-state index in [9.17, 15) is 24.0 Å². The van der Waals surface area contributed by atoms with Gasteiger partial charge in [0.1, 0.15) is 13.1 Å². The smallest absolute Gasteiger partial charge is 0.325 e. The molecule has 0 radical (unpaired) electrons. The largest absolute Gasteiger partial charge is 0.468 e. The molecule has 3 rings (SSSR count). The number of anilines is 1. The van der Waals surface area contributed by atoms with Crippen LogP contribution in [0.1, 0.15) is 19.8 Å². The van der Waals surface area contributed by atoms with Gasteiger partial charge in [-0.1, -0.05) is 11.3 Å². The molecule has 1 N–H and O–H groups in total. The van der Waals surface area contributed by atoms with E-state index in [1.165, 1.54) is 18.6 Å². The van der Waals surface area contributed by atoms with Gasteiger partial charge in [0, 0.05) is 25.5 Å². The van der Waals surface area contributed by atoms with E-state index in [1.807, 2.05) is 0 Å². The molecule has 0 spiro atoms. The first-order valence-electron chi connectivity index (χ1n) is 8.67. The highest BCUT2D eigenvalue weighted by Crippen LogP contribution is 2.22. The van der Waals surface area contributed by atoms with Crippen LogP contribution in [-0.4, -0.2) is 52.7 Å². The Kier molecular flexibility index (Phi) is 5.87. The standard InChI is InChI=1S/C18H18N4O6S/c1-10(23)19-11-3-4-12-13(7-11)29-18(21(12)9-17(27)28-2)20-14(24)8-22-15(25)5-6-16(22)26/h3-4,7H,5-6,8-9H2,1-2H3,(H,19,23). The van der Waals surface area contributed by atoms with Crippen molar-refractivity contribution in [3.8, 4) is 0 Å². The van der Waals surface area contributed by atoms with Crippen molar-refractivity contribution in [2.45, 2.75) is 26.3 Å². The zero-order chi connectivity index (χ0) is 21.1. The lowest BCUT2D eigenvalue weighted by atomic mass is 10.3. The van der Waals surface area contributed by atoms with Gasteiger partial charge in [-0.05, 0) is 18.2 Å². The minimum Gasteiger partial charge on any atom is -0.468 e. The summed E-state index contributed by atoms with van der Waals surface area (Å²) in [6.45, 7) is 0.765. The number of likely N-dealkylation sites (tertiary alicyclic amines) is 1. The summed E-state index contributed by atoms with van der Waals surface area (Å²) >= 11 is 1.13. The van der Waals surface area contributed by atoms with Gasteiger partial charge < -0.3 is 14.6 Å². The van der Waals surface area contributed by atoms with Gasteiger partial charge in [-0.15, -0.1) is 0 Å². The predicted molar refractivity (Wildman–Crippen MR) is 103 cm³/mol. The van der Waals surface area contributed by atoms with E-state index < -0.39 is 30.2 Å². The van der Waals surface area contributed by atoms with E-state index >= 15 is 0 Å². The second-order valence-electron chi connectivity index (χ2n) is 6.29. The highest BCUT2D eigenvalue weighted by Gasteiger charge is 2.30. The maximum absolute atomic E-state index is 12.4. The summed E-state index contributed by atoms with van der Waals surface area (Å²) in [5.41, 5.74) is 1.18. The Morgan fingerprint density at radius 2 is 1.86 bits per heavy atom. The molecule has 2 heterocycles. The number of carbonyl (C=O) groups excluding carboxylic acids is 5. The average molecular weight is 418 g/mol. The molecule has 4 amide bonds. The van der Waals surface area contributed by atoms with Crippen molar-refractivity contribution in [2.24, 2.45) is 4.99 Å². The molecule has 1 aliphatic rings. The maximum Gasteiger partial charge on any atom is 0.325 e. The second-order valence-corrected chi connectivity index (χ2v) is 7.30. The van der Waals surface area contributed by atoms with Crippen LogP contribution in [0, 0.1) is 0 Å². The quantitative estimate of drug-likeness (QED) is 0.553. The van der Waals surface area contributed by atoms with Crippen molar-refractivity contribution < 1.29 is 28.7 Å². The molecule has 10 nitrogen and oxygen atoms in total. The highest BCUT2D eigenvalue weighted by atomic mass is 32.1. The first-order chi connectivity index (χ1) is 13.8. The van der Waals surface area contributed by atoms with E-state index in [4.69, 9.17) is 4.74 Å². The predicted octanol–water partition coefficient (Wildman–Crippen LogP) is 0.410. The number of carbonyl (C=O) groups is 5. The molecule has 152 valence electrons. The van der Waals surface area contributed by atoms with Gasteiger partial charge in [0.15, 0.2) is 4.80 Å². The van der Waals surface area contributed by atoms with Crippen molar-refractivity contribution in [3.63, 3.8) is 0 Å². The molecular formula is C18H18N4O6S. The third-order valence-electron chi connectivity index (χ3n) is 4.19. The number of imide groups is 1. The van der Waals surface area contributed by atoms with Crippen molar-refractivity contribution in [1.29, 1.82) is 0 Å². The Morgan fingerprint density at radius 3 is 2.48 bits per heavy atom. The number of thiazole rings is 1. The number of nitrogens with one attached hydrogen (secondary N) is 1. The van der Waals surface area contributed by atoms with Crippen LogP contribution in [0.4, 0.5) is 5.69 Å². The van der Waals surface area contributed by atoms with Gasteiger partial charge in [-0.25, -0.2) is 0 Å². The normalized spacial score (nSPS) is 14.6. The molecule has 0 saturated carbocycles. The molecule has 0 bridgehead atoms. The molecule has 0 atom stereocenters. The molecule has 1 aliphatic heterocycles. The third kappa shape index (κ3) is 4.57. The summed E-state index contributed by atoms with van der Waals surface area (Å²) in [5.74, 6) is -2.26. The summed E-state index contributed by atoms with van der Waals surface area (Å²) in [4.78, 5) is 64.0. The number of rotatable bonds is 5. The van der Waals surface area contributed by atoms with E-state index in [1.54, 1.807) is 18.2 Å². The molecule has 11 heteroatoms. The molecule has 1 aromatic carbocycles. The van der Waals surface area contributed by atoms with Crippen molar-refractivity contribution in [2.75, 3.05) is 19.0 Å². The summed E-state index contributed by atoms with van der Waals surface area (Å²) in [7, 11) is 1.25. The monoisotopic (exact) mass is 418 g/mol. The Bertz CT molecular complexity index is 1080. The van der Waals surface area contributed by atoms with E-state index in [0.29, 0.717) is 15.9 Å². The van der Waals surface area contributed by atoms with Crippen LogP contribution in [0.2, 0.25) is 0 Å². The Labute approximate surface area is 168 Å². The van der Waals surface area contributed by atoms with Gasteiger partial charge in [-0.2, -0.15) is 4.99 Å². The fraction of sp³-hybridized carbons (Fsp3) is 0.333. The zero-order valence-electron chi connectivity index (χ0n) is 15.8. The van der Waals surface area contributed by atoms with Crippen LogP contribution < -0.4 is 10.1 Å². The number of aromatic nitrogens is 1. The molecule has 29 heavy (non-hydrogen) atoms. The minimum absolute atomic E-state index is 0.0866. The lowest BCUT2D eigenvalue weighted by Crippen LogP contribution is -2.34. The van der Waals surface area contributed by atoms with Gasteiger partial charge in [0.05, 0.1) is 17.3 Å². The van der Waals surface area contributed by atoms with Crippen LogP contribution >= 0.6 is 11.3 Å². The first-order valence-corrected chi connectivity index (χ1v) is 9.48. The topological polar surface area (TPSA) is 127 Å². The molecule has 1 fully saturated rings. The fourth-order valence-electron chi connectivity index (χ4n) is 2.86. The summed E-state index contributed by atoms with van der Waals surface area (Å²) in [6.07, 6.45) is 0.173. The molecule has 1 aromatic heterocycles. The Balaban J connectivity index is 2.00. The number of hydrogen-bond donors (Lipinski definition) is 1. The van der Waals surface area contributed by atoms with Gasteiger partial charge in [0.2, 0.25) is 17.7 Å². The average Bonchev–Trinajstić information content (AvgIpc) is 3.15. The second kappa shape index (κ2) is 8.35. The maximum atomic E-state index is 12.4. The molecular weight excluding hydrogens is 400 g/mol. The number of methoxy groups -OCH3 is 1. The molecule has 2 aromatic rings. The van der Waals surface area contributed by atoms with Gasteiger partial charge in [0.25, 0.3) is 5.91 Å². The number of ether oxygens (including phenoxy) is 1. The minimum atomic E-state index is -0.680. The van der Waals surface area contributed by atoms with Crippen molar-refractivity contribution in [1.82, 2.24) is 9.47 Å². The third-order valence-corrected chi connectivity index (χ3v) is 5.23. The van der Waals surface area contributed by atoms with Crippen LogP contribution in [-0.2, 0) is 35.3 Å². The summed E-state index contributed by atoms with van der Waals surface area (Å²) in [6, 6.07) is 5.06.